The Bertz CT molecular complexity index is 1030. The molecule has 0 radical (unpaired) electrons. The SMILES string of the molecule is COc1cc(OC)c2c(c1Cl)O[C@]1(C2=O)C(=O)C(CNc2ccccc2)C(N)C[C@H]1C. The predicted molar refractivity (Wildman–Crippen MR) is 117 cm³/mol. The predicted octanol–water partition coefficient (Wildman–Crippen LogP) is 3.34. The fourth-order valence-corrected chi connectivity index (χ4v) is 4.83. The highest BCUT2D eigenvalue weighted by Crippen LogP contribution is 2.53. The van der Waals surface area contributed by atoms with Gasteiger partial charge in [0, 0.05) is 30.3 Å². The number of halogens is 1. The molecule has 164 valence electrons. The number of hydrogen-bond acceptors (Lipinski definition) is 7. The quantitative estimate of drug-likeness (QED) is 0.682. The molecule has 1 saturated carbocycles. The number of rotatable bonds is 5. The van der Waals surface area contributed by atoms with Gasteiger partial charge in [-0.15, -0.1) is 0 Å². The number of carbonyl (C=O) groups excluding carboxylic acids is 2. The molecule has 7 nitrogen and oxygen atoms in total. The topological polar surface area (TPSA) is 99.9 Å². The maximum Gasteiger partial charge on any atom is 0.232 e. The second kappa shape index (κ2) is 8.05. The van der Waals surface area contributed by atoms with Gasteiger partial charge >= 0.3 is 0 Å². The average molecular weight is 445 g/mol. The summed E-state index contributed by atoms with van der Waals surface area (Å²) in [6, 6.07) is 10.6. The molecule has 2 aliphatic rings. The fraction of sp³-hybridized carbons (Fsp3) is 0.391. The standard InChI is InChI=1S/C23H25ClN2O5/c1-12-9-15(25)14(11-26-13-7-5-4-6-8-13)21(27)23(12)22(28)18-16(29-2)10-17(30-3)19(24)20(18)31-23/h4-8,10,12,14-15,26H,9,11,25H2,1-3H3/t12-,14?,15?,23+/m1/s1. The zero-order chi connectivity index (χ0) is 22.3. The zero-order valence-electron chi connectivity index (χ0n) is 17.6. The lowest BCUT2D eigenvalue weighted by Crippen LogP contribution is -2.64. The summed E-state index contributed by atoms with van der Waals surface area (Å²) in [4.78, 5) is 27.4. The molecule has 2 aromatic rings. The molecule has 0 bridgehead atoms. The van der Waals surface area contributed by atoms with Crippen molar-refractivity contribution in [2.75, 3.05) is 26.1 Å². The van der Waals surface area contributed by atoms with E-state index in [4.69, 9.17) is 31.5 Å². The highest BCUT2D eigenvalue weighted by Gasteiger charge is 2.63. The molecule has 0 saturated heterocycles. The Morgan fingerprint density at radius 3 is 2.52 bits per heavy atom. The van der Waals surface area contributed by atoms with Gasteiger partial charge in [-0.2, -0.15) is 0 Å². The molecule has 1 aliphatic carbocycles. The summed E-state index contributed by atoms with van der Waals surface area (Å²) in [5.74, 6) is -1.16. The van der Waals surface area contributed by atoms with E-state index in [9.17, 15) is 9.59 Å². The van der Waals surface area contributed by atoms with Crippen molar-refractivity contribution in [2.24, 2.45) is 17.6 Å². The van der Waals surface area contributed by atoms with Crippen molar-refractivity contribution in [1.82, 2.24) is 0 Å². The Hall–Kier alpha value is -2.77. The summed E-state index contributed by atoms with van der Waals surface area (Å²) in [5.41, 5.74) is 5.70. The van der Waals surface area contributed by atoms with Crippen LogP contribution in [0.5, 0.6) is 17.2 Å². The molecule has 3 N–H and O–H groups in total. The summed E-state index contributed by atoms with van der Waals surface area (Å²) >= 11 is 6.45. The first-order chi connectivity index (χ1) is 14.8. The molecule has 1 heterocycles. The van der Waals surface area contributed by atoms with Crippen molar-refractivity contribution in [3.63, 3.8) is 0 Å². The number of hydrogen-bond donors (Lipinski definition) is 2. The van der Waals surface area contributed by atoms with Crippen LogP contribution in [-0.4, -0.2) is 44.0 Å². The molecule has 8 heteroatoms. The molecule has 2 unspecified atom stereocenters. The van der Waals surface area contributed by atoms with Crippen LogP contribution in [0.25, 0.3) is 0 Å². The Kier molecular flexibility index (Phi) is 5.58. The smallest absolute Gasteiger partial charge is 0.232 e. The number of nitrogens with one attached hydrogen (secondary N) is 1. The molecular formula is C23H25ClN2O5. The van der Waals surface area contributed by atoms with Crippen molar-refractivity contribution < 1.29 is 23.8 Å². The number of nitrogens with two attached hydrogens (primary N) is 1. The average Bonchev–Trinajstić information content (AvgIpc) is 3.08. The summed E-state index contributed by atoms with van der Waals surface area (Å²) < 4.78 is 16.8. The lowest BCUT2D eigenvalue weighted by molar-refractivity contribution is -0.142. The number of ketones is 2. The monoisotopic (exact) mass is 444 g/mol. The first-order valence-corrected chi connectivity index (χ1v) is 10.5. The van der Waals surface area contributed by atoms with E-state index in [-0.39, 0.29) is 27.9 Å². The third-order valence-corrected chi connectivity index (χ3v) is 6.62. The minimum atomic E-state index is -1.69. The Balaban J connectivity index is 1.72. The van der Waals surface area contributed by atoms with Crippen LogP contribution in [0.15, 0.2) is 36.4 Å². The number of Topliss-reactive ketones (excluding diaryl/α,β-unsaturated/α-hetero) is 2. The van der Waals surface area contributed by atoms with Crippen molar-refractivity contribution in [1.29, 1.82) is 0 Å². The molecule has 0 amide bonds. The third kappa shape index (κ3) is 3.23. The highest BCUT2D eigenvalue weighted by molar-refractivity contribution is 6.36. The highest BCUT2D eigenvalue weighted by atomic mass is 35.5. The van der Waals surface area contributed by atoms with Gasteiger partial charge < -0.3 is 25.3 Å². The van der Waals surface area contributed by atoms with Gasteiger partial charge in [0.2, 0.25) is 11.4 Å². The van der Waals surface area contributed by atoms with E-state index in [0.29, 0.717) is 18.7 Å². The second-order valence-electron chi connectivity index (χ2n) is 7.98. The molecular weight excluding hydrogens is 420 g/mol. The maximum atomic E-state index is 13.8. The molecule has 31 heavy (non-hydrogen) atoms. The van der Waals surface area contributed by atoms with Crippen LogP contribution in [-0.2, 0) is 4.79 Å². The Morgan fingerprint density at radius 2 is 1.87 bits per heavy atom. The van der Waals surface area contributed by atoms with E-state index < -0.39 is 29.3 Å². The number of benzene rings is 2. The maximum absolute atomic E-state index is 13.8. The summed E-state index contributed by atoms with van der Waals surface area (Å²) in [5, 5.41) is 3.38. The van der Waals surface area contributed by atoms with Gasteiger partial charge in [0.25, 0.3) is 0 Å². The summed E-state index contributed by atoms with van der Waals surface area (Å²) in [6.07, 6.45) is 0.448. The number of ether oxygens (including phenoxy) is 3. The van der Waals surface area contributed by atoms with Crippen molar-refractivity contribution in [3.8, 4) is 17.2 Å². The van der Waals surface area contributed by atoms with Crippen LogP contribution >= 0.6 is 11.6 Å². The van der Waals surface area contributed by atoms with Gasteiger partial charge in [0.1, 0.15) is 22.1 Å². The molecule has 1 spiro atoms. The van der Waals surface area contributed by atoms with E-state index in [0.717, 1.165) is 5.69 Å². The minimum Gasteiger partial charge on any atom is -0.496 e. The number of anilines is 1. The largest absolute Gasteiger partial charge is 0.496 e. The number of para-hydroxylation sites is 1. The molecule has 4 atom stereocenters. The number of methoxy groups -OCH3 is 2. The Morgan fingerprint density at radius 1 is 1.19 bits per heavy atom. The second-order valence-corrected chi connectivity index (χ2v) is 8.36. The fourth-order valence-electron chi connectivity index (χ4n) is 4.57. The van der Waals surface area contributed by atoms with Crippen LogP contribution in [0.2, 0.25) is 5.02 Å². The van der Waals surface area contributed by atoms with Crippen molar-refractivity contribution in [2.45, 2.75) is 25.0 Å². The van der Waals surface area contributed by atoms with Gasteiger partial charge in [-0.1, -0.05) is 36.7 Å². The third-order valence-electron chi connectivity index (χ3n) is 6.26. The van der Waals surface area contributed by atoms with E-state index in [1.165, 1.54) is 20.3 Å². The Labute approximate surface area is 185 Å². The molecule has 2 aromatic carbocycles. The van der Waals surface area contributed by atoms with Crippen LogP contribution in [0.4, 0.5) is 5.69 Å². The van der Waals surface area contributed by atoms with Gasteiger partial charge in [0.15, 0.2) is 11.5 Å². The lowest BCUT2D eigenvalue weighted by Gasteiger charge is -2.42. The number of fused-ring (bicyclic) bond motifs is 1. The normalized spacial score (nSPS) is 27.1. The van der Waals surface area contributed by atoms with Crippen molar-refractivity contribution in [3.05, 3.63) is 47.0 Å². The van der Waals surface area contributed by atoms with E-state index in [2.05, 4.69) is 5.32 Å². The molecule has 4 rings (SSSR count). The number of carbonyl (C=O) groups is 2. The van der Waals surface area contributed by atoms with E-state index in [1.807, 2.05) is 30.3 Å². The lowest BCUT2D eigenvalue weighted by atomic mass is 9.66. The van der Waals surface area contributed by atoms with Crippen LogP contribution in [0.3, 0.4) is 0 Å². The molecule has 1 aliphatic heterocycles. The van der Waals surface area contributed by atoms with Gasteiger partial charge in [-0.05, 0) is 18.6 Å². The first-order valence-electron chi connectivity index (χ1n) is 10.1. The summed E-state index contributed by atoms with van der Waals surface area (Å²) in [7, 11) is 2.90. The van der Waals surface area contributed by atoms with Gasteiger partial charge in [-0.3, -0.25) is 9.59 Å². The van der Waals surface area contributed by atoms with Gasteiger partial charge in [0.05, 0.1) is 20.1 Å². The van der Waals surface area contributed by atoms with Crippen LogP contribution < -0.4 is 25.3 Å². The van der Waals surface area contributed by atoms with Crippen LogP contribution in [0, 0.1) is 11.8 Å². The minimum absolute atomic E-state index is 0.119. The molecule has 0 aromatic heterocycles. The van der Waals surface area contributed by atoms with Crippen molar-refractivity contribution >= 4 is 28.9 Å². The zero-order valence-corrected chi connectivity index (χ0v) is 18.4. The molecule has 1 fully saturated rings. The summed E-state index contributed by atoms with van der Waals surface area (Å²) in [6.45, 7) is 2.10. The van der Waals surface area contributed by atoms with Gasteiger partial charge in [-0.25, -0.2) is 0 Å². The van der Waals surface area contributed by atoms with Crippen LogP contribution in [0.1, 0.15) is 23.7 Å². The first kappa shape index (κ1) is 21.5. The van der Waals surface area contributed by atoms with E-state index in [1.54, 1.807) is 6.92 Å². The van der Waals surface area contributed by atoms with E-state index >= 15 is 0 Å².